The third kappa shape index (κ3) is 2.73. The van der Waals surface area contributed by atoms with Crippen LogP contribution in [0.3, 0.4) is 0 Å². The SMILES string of the molecule is COc1nc(N)nc(NCC(N)=O)n1. The van der Waals surface area contributed by atoms with Crippen LogP contribution in [0.2, 0.25) is 0 Å². The standard InChI is InChI=1S/C6H10N6O2/c1-14-6-11-4(8)10-5(12-6)9-2-3(7)13/h2H2,1H3,(H2,7,13)(H3,8,9,10,11,12). The van der Waals surface area contributed by atoms with Crippen LogP contribution in [0.25, 0.3) is 0 Å². The van der Waals surface area contributed by atoms with Crippen LogP contribution in [0.5, 0.6) is 6.01 Å². The Morgan fingerprint density at radius 1 is 1.50 bits per heavy atom. The van der Waals surface area contributed by atoms with Crippen molar-refractivity contribution in [2.75, 3.05) is 24.7 Å². The van der Waals surface area contributed by atoms with Crippen LogP contribution in [0, 0.1) is 0 Å². The van der Waals surface area contributed by atoms with Gasteiger partial charge in [0, 0.05) is 0 Å². The number of ether oxygens (including phenoxy) is 1. The normalized spacial score (nSPS) is 9.50. The Labute approximate surface area is 79.7 Å². The number of nitrogens with zero attached hydrogens (tertiary/aromatic N) is 3. The van der Waals surface area contributed by atoms with E-state index in [0.717, 1.165) is 0 Å². The van der Waals surface area contributed by atoms with Gasteiger partial charge in [0.05, 0.1) is 13.7 Å². The average molecular weight is 198 g/mol. The lowest BCUT2D eigenvalue weighted by Crippen LogP contribution is -2.23. The van der Waals surface area contributed by atoms with Crippen LogP contribution < -0.4 is 21.5 Å². The minimum absolute atomic E-state index is 0.00354. The quantitative estimate of drug-likeness (QED) is 0.529. The highest BCUT2D eigenvalue weighted by atomic mass is 16.5. The summed E-state index contributed by atoms with van der Waals surface area (Å²) in [4.78, 5) is 21.6. The van der Waals surface area contributed by atoms with Crippen molar-refractivity contribution in [3.63, 3.8) is 0 Å². The molecule has 0 unspecified atom stereocenters. The third-order valence-electron chi connectivity index (χ3n) is 1.24. The van der Waals surface area contributed by atoms with Gasteiger partial charge in [-0.3, -0.25) is 4.79 Å². The van der Waals surface area contributed by atoms with Crippen LogP contribution in [0.4, 0.5) is 11.9 Å². The molecule has 1 amide bonds. The van der Waals surface area contributed by atoms with Crippen LogP contribution >= 0.6 is 0 Å². The highest BCUT2D eigenvalue weighted by molar-refractivity contribution is 5.78. The lowest BCUT2D eigenvalue weighted by Gasteiger charge is -2.03. The minimum Gasteiger partial charge on any atom is -0.467 e. The van der Waals surface area contributed by atoms with Gasteiger partial charge in [-0.1, -0.05) is 0 Å². The molecule has 0 fully saturated rings. The molecule has 1 aromatic rings. The fourth-order valence-electron chi connectivity index (χ4n) is 0.709. The zero-order valence-electron chi connectivity index (χ0n) is 7.52. The fraction of sp³-hybridized carbons (Fsp3) is 0.333. The molecule has 0 aliphatic heterocycles. The van der Waals surface area contributed by atoms with Gasteiger partial charge in [-0.2, -0.15) is 15.0 Å². The van der Waals surface area contributed by atoms with Crippen molar-refractivity contribution in [3.8, 4) is 6.01 Å². The van der Waals surface area contributed by atoms with Crippen LogP contribution in [0.1, 0.15) is 0 Å². The van der Waals surface area contributed by atoms with Crippen molar-refractivity contribution in [2.45, 2.75) is 0 Å². The van der Waals surface area contributed by atoms with Gasteiger partial charge in [0.1, 0.15) is 0 Å². The zero-order valence-corrected chi connectivity index (χ0v) is 7.52. The number of hydrogen-bond donors (Lipinski definition) is 3. The molecule has 0 aromatic carbocycles. The zero-order chi connectivity index (χ0) is 10.6. The Morgan fingerprint density at radius 2 is 2.21 bits per heavy atom. The molecule has 8 nitrogen and oxygen atoms in total. The molecule has 0 aliphatic carbocycles. The van der Waals surface area contributed by atoms with Gasteiger partial charge < -0.3 is 21.5 Å². The molecule has 1 rings (SSSR count). The first-order valence-electron chi connectivity index (χ1n) is 3.69. The first-order chi connectivity index (χ1) is 6.61. The molecule has 1 heterocycles. The van der Waals surface area contributed by atoms with Crippen molar-refractivity contribution in [3.05, 3.63) is 0 Å². The van der Waals surface area contributed by atoms with E-state index >= 15 is 0 Å². The van der Waals surface area contributed by atoms with E-state index in [-0.39, 0.29) is 24.5 Å². The summed E-state index contributed by atoms with van der Waals surface area (Å²) >= 11 is 0. The molecule has 0 saturated carbocycles. The second kappa shape index (κ2) is 4.21. The van der Waals surface area contributed by atoms with E-state index in [1.807, 2.05) is 0 Å². The number of hydrogen-bond acceptors (Lipinski definition) is 7. The molecular weight excluding hydrogens is 188 g/mol. The smallest absolute Gasteiger partial charge is 0.322 e. The highest BCUT2D eigenvalue weighted by Gasteiger charge is 2.04. The largest absolute Gasteiger partial charge is 0.467 e. The number of nitrogens with one attached hydrogen (secondary N) is 1. The predicted molar refractivity (Wildman–Crippen MR) is 48.5 cm³/mol. The van der Waals surface area contributed by atoms with Gasteiger partial charge >= 0.3 is 6.01 Å². The van der Waals surface area contributed by atoms with E-state index in [4.69, 9.17) is 16.2 Å². The monoisotopic (exact) mass is 198 g/mol. The molecule has 0 aliphatic rings. The van der Waals surface area contributed by atoms with E-state index in [1.54, 1.807) is 0 Å². The van der Waals surface area contributed by atoms with E-state index in [0.29, 0.717) is 0 Å². The number of carbonyl (C=O) groups is 1. The Balaban J connectivity index is 2.76. The predicted octanol–water partition coefficient (Wildman–Crippen LogP) is -1.64. The lowest BCUT2D eigenvalue weighted by atomic mass is 10.6. The molecule has 8 heteroatoms. The van der Waals surface area contributed by atoms with Crippen molar-refractivity contribution < 1.29 is 9.53 Å². The molecular formula is C6H10N6O2. The molecule has 0 radical (unpaired) electrons. The maximum absolute atomic E-state index is 10.4. The van der Waals surface area contributed by atoms with Crippen LogP contribution in [0.15, 0.2) is 0 Å². The van der Waals surface area contributed by atoms with Crippen molar-refractivity contribution in [1.82, 2.24) is 15.0 Å². The Kier molecular flexibility index (Phi) is 3.00. The number of carbonyl (C=O) groups excluding carboxylic acids is 1. The topological polar surface area (TPSA) is 129 Å². The van der Waals surface area contributed by atoms with Gasteiger partial charge in [0.25, 0.3) is 0 Å². The molecule has 0 spiro atoms. The van der Waals surface area contributed by atoms with Gasteiger partial charge in [0.2, 0.25) is 17.8 Å². The van der Waals surface area contributed by atoms with E-state index < -0.39 is 5.91 Å². The van der Waals surface area contributed by atoms with Gasteiger partial charge in [-0.05, 0) is 0 Å². The van der Waals surface area contributed by atoms with Gasteiger partial charge in [-0.25, -0.2) is 0 Å². The molecule has 14 heavy (non-hydrogen) atoms. The van der Waals surface area contributed by atoms with Gasteiger partial charge in [0.15, 0.2) is 0 Å². The molecule has 0 bridgehead atoms. The number of amides is 1. The highest BCUT2D eigenvalue weighted by Crippen LogP contribution is 2.07. The van der Waals surface area contributed by atoms with E-state index in [2.05, 4.69) is 20.3 Å². The van der Waals surface area contributed by atoms with Crippen molar-refractivity contribution in [2.24, 2.45) is 5.73 Å². The third-order valence-corrected chi connectivity index (χ3v) is 1.24. The second-order valence-corrected chi connectivity index (χ2v) is 2.32. The first-order valence-corrected chi connectivity index (χ1v) is 3.69. The number of nitrogen functional groups attached to an aromatic ring is 1. The molecule has 1 aromatic heterocycles. The fourth-order valence-corrected chi connectivity index (χ4v) is 0.709. The Hall–Kier alpha value is -2.12. The molecule has 0 atom stereocenters. The summed E-state index contributed by atoms with van der Waals surface area (Å²) in [5.41, 5.74) is 10.3. The summed E-state index contributed by atoms with van der Waals surface area (Å²) in [6.45, 7) is -0.0768. The number of rotatable bonds is 4. The maximum atomic E-state index is 10.4. The Morgan fingerprint density at radius 3 is 2.79 bits per heavy atom. The number of anilines is 2. The maximum Gasteiger partial charge on any atom is 0.322 e. The number of nitrogens with two attached hydrogens (primary N) is 2. The minimum atomic E-state index is -0.525. The van der Waals surface area contributed by atoms with Crippen molar-refractivity contribution >= 4 is 17.8 Å². The summed E-state index contributed by atoms with van der Waals surface area (Å²) in [7, 11) is 1.40. The van der Waals surface area contributed by atoms with Gasteiger partial charge in [-0.15, -0.1) is 0 Å². The number of primary amides is 1. The lowest BCUT2D eigenvalue weighted by molar-refractivity contribution is -0.116. The summed E-state index contributed by atoms with van der Waals surface area (Å²) in [6, 6.07) is 0.0736. The van der Waals surface area contributed by atoms with Crippen LogP contribution in [-0.4, -0.2) is 34.5 Å². The number of aromatic nitrogens is 3. The summed E-state index contributed by atoms with van der Waals surface area (Å²) in [5.74, 6) is -0.375. The summed E-state index contributed by atoms with van der Waals surface area (Å²) in [6.07, 6.45) is 0. The van der Waals surface area contributed by atoms with E-state index in [1.165, 1.54) is 7.11 Å². The number of methoxy groups -OCH3 is 1. The summed E-state index contributed by atoms with van der Waals surface area (Å²) < 4.78 is 4.74. The second-order valence-electron chi connectivity index (χ2n) is 2.32. The first kappa shape index (κ1) is 9.96. The molecule has 0 saturated heterocycles. The molecule has 5 N–H and O–H groups in total. The van der Waals surface area contributed by atoms with Crippen molar-refractivity contribution in [1.29, 1.82) is 0 Å². The van der Waals surface area contributed by atoms with E-state index in [9.17, 15) is 4.79 Å². The van der Waals surface area contributed by atoms with Crippen LogP contribution in [-0.2, 0) is 4.79 Å². The average Bonchev–Trinajstić information content (AvgIpc) is 2.14. The Bertz CT molecular complexity index is 341. The molecule has 76 valence electrons. The summed E-state index contributed by atoms with van der Waals surface area (Å²) in [5, 5.41) is 2.56.